The van der Waals surface area contributed by atoms with Crippen molar-refractivity contribution in [1.29, 1.82) is 0 Å². The molecule has 6 heteroatoms. The highest BCUT2D eigenvalue weighted by atomic mass is 16.5. The van der Waals surface area contributed by atoms with E-state index in [0.717, 1.165) is 63.6 Å². The van der Waals surface area contributed by atoms with Crippen molar-refractivity contribution in [2.45, 2.75) is 12.8 Å². The maximum Gasteiger partial charge on any atom is 0.139 e. The van der Waals surface area contributed by atoms with Gasteiger partial charge in [-0.1, -0.05) is 48.2 Å². The van der Waals surface area contributed by atoms with Gasteiger partial charge in [-0.3, -0.25) is 0 Å². The number of quaternary nitrogens is 2. The molecule has 0 saturated carbocycles. The van der Waals surface area contributed by atoms with Crippen LogP contribution in [0.1, 0.15) is 12.8 Å². The number of nitrogens with one attached hydrogen (secondary N) is 2. The van der Waals surface area contributed by atoms with Gasteiger partial charge in [-0.05, 0) is 36.1 Å². The second kappa shape index (κ2) is 18.3. The Kier molecular flexibility index (Phi) is 14.0. The quantitative estimate of drug-likeness (QED) is 0.302. The highest BCUT2D eigenvalue weighted by molar-refractivity contribution is 5.21. The first-order valence-electron chi connectivity index (χ1n) is 13.0. The van der Waals surface area contributed by atoms with Gasteiger partial charge in [0.05, 0.1) is 26.4 Å². The molecular weight excluding hydrogens is 452 g/mol. The zero-order valence-electron chi connectivity index (χ0n) is 21.3. The Morgan fingerprint density at radius 2 is 0.944 bits per heavy atom. The molecule has 0 amide bonds. The maximum atomic E-state index is 5.65. The van der Waals surface area contributed by atoms with Crippen molar-refractivity contribution < 1.29 is 28.7 Å². The van der Waals surface area contributed by atoms with Crippen LogP contribution in [0.4, 0.5) is 0 Å². The molecule has 0 atom stereocenters. The van der Waals surface area contributed by atoms with Gasteiger partial charge in [-0.2, -0.15) is 0 Å². The summed E-state index contributed by atoms with van der Waals surface area (Å²) >= 11 is 0. The standard InChI is InChI=1S/C30H38N2O4/c1-3-13-29(14-4-1)35-27-11-25-33-23-9-7-17-31-19-21-32(22-20-31)18-8-10-24-34-26-12-28-36-30-15-5-2-6-16-30/h1-6,13-16H,11-12,17-28H2/p+2. The zero-order chi connectivity index (χ0) is 24.9. The Balaban J connectivity index is 1.10. The van der Waals surface area contributed by atoms with Gasteiger partial charge in [0.25, 0.3) is 0 Å². The molecule has 192 valence electrons. The molecule has 0 radical (unpaired) electrons. The first-order valence-corrected chi connectivity index (χ1v) is 13.0. The van der Waals surface area contributed by atoms with E-state index in [0.29, 0.717) is 39.6 Å². The van der Waals surface area contributed by atoms with Crippen LogP contribution in [0.2, 0.25) is 0 Å². The molecule has 36 heavy (non-hydrogen) atoms. The van der Waals surface area contributed by atoms with Gasteiger partial charge in [0.2, 0.25) is 0 Å². The van der Waals surface area contributed by atoms with Crippen molar-refractivity contribution >= 4 is 0 Å². The number of benzene rings is 2. The summed E-state index contributed by atoms with van der Waals surface area (Å²) in [4.78, 5) is 3.10. The molecular formula is C30H40N2O4+2. The van der Waals surface area contributed by atoms with E-state index in [4.69, 9.17) is 18.9 Å². The fraction of sp³-hybridized carbons (Fsp3) is 0.467. The first-order chi connectivity index (χ1) is 17.9. The maximum absolute atomic E-state index is 5.65. The average Bonchev–Trinajstić information content (AvgIpc) is 2.93. The van der Waals surface area contributed by atoms with Crippen LogP contribution < -0.4 is 19.3 Å². The molecule has 6 nitrogen and oxygen atoms in total. The van der Waals surface area contributed by atoms with E-state index in [1.807, 2.05) is 60.7 Å². The van der Waals surface area contributed by atoms with Crippen LogP contribution in [-0.4, -0.2) is 78.9 Å². The molecule has 0 unspecified atom stereocenters. The number of piperazine rings is 1. The molecule has 1 fully saturated rings. The predicted molar refractivity (Wildman–Crippen MR) is 141 cm³/mol. The van der Waals surface area contributed by atoms with E-state index in [2.05, 4.69) is 23.7 Å². The number of hydrogen-bond acceptors (Lipinski definition) is 4. The van der Waals surface area contributed by atoms with E-state index in [-0.39, 0.29) is 0 Å². The first kappa shape index (κ1) is 27.6. The Morgan fingerprint density at radius 1 is 0.528 bits per heavy atom. The lowest BCUT2D eigenvalue weighted by Gasteiger charge is -2.27. The third-order valence-electron chi connectivity index (χ3n) is 5.83. The summed E-state index contributed by atoms with van der Waals surface area (Å²) < 4.78 is 22.5. The molecule has 1 aliphatic heterocycles. The van der Waals surface area contributed by atoms with Crippen molar-refractivity contribution in [3.05, 3.63) is 60.7 Å². The summed E-state index contributed by atoms with van der Waals surface area (Å²) in [6.07, 6.45) is 1.73. The summed E-state index contributed by atoms with van der Waals surface area (Å²) in [5, 5.41) is 0. The van der Waals surface area contributed by atoms with Crippen molar-refractivity contribution in [2.75, 3.05) is 78.9 Å². The molecule has 3 rings (SSSR count). The average molecular weight is 493 g/mol. The fourth-order valence-electron chi connectivity index (χ4n) is 3.77. The second-order valence-corrected chi connectivity index (χ2v) is 8.70. The van der Waals surface area contributed by atoms with E-state index < -0.39 is 0 Å². The number of hydrogen-bond donors (Lipinski definition) is 2. The summed E-state index contributed by atoms with van der Waals surface area (Å²) in [5.74, 6) is 14.6. The Hall–Kier alpha value is -3.00. The van der Waals surface area contributed by atoms with Crippen LogP contribution in [0.25, 0.3) is 0 Å². The van der Waals surface area contributed by atoms with Crippen molar-refractivity contribution in [3.8, 4) is 35.2 Å². The lowest BCUT2D eigenvalue weighted by atomic mass is 10.3. The molecule has 0 aromatic heterocycles. The smallest absolute Gasteiger partial charge is 0.139 e. The van der Waals surface area contributed by atoms with Crippen molar-refractivity contribution in [1.82, 2.24) is 0 Å². The Bertz CT molecular complexity index is 859. The zero-order valence-corrected chi connectivity index (χ0v) is 21.3. The molecule has 0 aliphatic carbocycles. The highest BCUT2D eigenvalue weighted by Crippen LogP contribution is 2.09. The third-order valence-corrected chi connectivity index (χ3v) is 5.83. The topological polar surface area (TPSA) is 45.8 Å². The van der Waals surface area contributed by atoms with E-state index in [9.17, 15) is 0 Å². The fourth-order valence-corrected chi connectivity index (χ4v) is 3.77. The Labute approximate surface area is 216 Å². The highest BCUT2D eigenvalue weighted by Gasteiger charge is 2.20. The Morgan fingerprint density at radius 3 is 1.36 bits per heavy atom. The van der Waals surface area contributed by atoms with Gasteiger partial charge < -0.3 is 28.7 Å². The van der Waals surface area contributed by atoms with Gasteiger partial charge >= 0.3 is 0 Å². The largest absolute Gasteiger partial charge is 0.494 e. The molecule has 2 aromatic rings. The van der Waals surface area contributed by atoms with Crippen LogP contribution in [0.5, 0.6) is 11.5 Å². The minimum Gasteiger partial charge on any atom is -0.494 e. The van der Waals surface area contributed by atoms with Crippen LogP contribution in [0.3, 0.4) is 0 Å². The number of para-hydroxylation sites is 2. The van der Waals surface area contributed by atoms with Gasteiger partial charge in [0, 0.05) is 12.8 Å². The van der Waals surface area contributed by atoms with Gasteiger partial charge in [0.15, 0.2) is 0 Å². The minimum absolute atomic E-state index is 0.494. The predicted octanol–water partition coefficient (Wildman–Crippen LogP) is 0.748. The van der Waals surface area contributed by atoms with Crippen LogP contribution in [0, 0.1) is 23.7 Å². The minimum atomic E-state index is 0.494. The van der Waals surface area contributed by atoms with E-state index >= 15 is 0 Å². The van der Waals surface area contributed by atoms with Crippen LogP contribution >= 0.6 is 0 Å². The monoisotopic (exact) mass is 492 g/mol. The van der Waals surface area contributed by atoms with Crippen molar-refractivity contribution in [3.63, 3.8) is 0 Å². The SMILES string of the molecule is C(#CC[NH+]1CC[NH+](CC#CCOCCCOc2ccccc2)CC1)COCCCOc1ccccc1. The summed E-state index contributed by atoms with van der Waals surface area (Å²) in [6.45, 7) is 10.00. The normalized spacial score (nSPS) is 16.8. The molecule has 1 saturated heterocycles. The van der Waals surface area contributed by atoms with E-state index in [1.165, 1.54) is 0 Å². The molecule has 0 spiro atoms. The second-order valence-electron chi connectivity index (χ2n) is 8.70. The summed E-state index contributed by atoms with van der Waals surface area (Å²) in [7, 11) is 0. The number of rotatable bonds is 14. The van der Waals surface area contributed by atoms with Crippen LogP contribution in [0.15, 0.2) is 60.7 Å². The lowest BCUT2D eigenvalue weighted by molar-refractivity contribution is -1.01. The summed E-state index contributed by atoms with van der Waals surface area (Å²) in [5.41, 5.74) is 0. The molecule has 0 bridgehead atoms. The van der Waals surface area contributed by atoms with Gasteiger partial charge in [-0.25, -0.2) is 0 Å². The molecule has 2 aromatic carbocycles. The number of ether oxygens (including phenoxy) is 4. The van der Waals surface area contributed by atoms with Gasteiger partial charge in [-0.15, -0.1) is 0 Å². The molecule has 2 N–H and O–H groups in total. The van der Waals surface area contributed by atoms with E-state index in [1.54, 1.807) is 9.80 Å². The van der Waals surface area contributed by atoms with Crippen molar-refractivity contribution in [2.24, 2.45) is 0 Å². The third kappa shape index (κ3) is 12.6. The molecule has 1 heterocycles. The van der Waals surface area contributed by atoms with Gasteiger partial charge in [0.1, 0.15) is 64.0 Å². The van der Waals surface area contributed by atoms with Crippen LogP contribution in [-0.2, 0) is 9.47 Å². The lowest BCUT2D eigenvalue weighted by Crippen LogP contribution is -3.28. The molecule has 1 aliphatic rings. The summed E-state index contributed by atoms with van der Waals surface area (Å²) in [6, 6.07) is 19.7.